The van der Waals surface area contributed by atoms with Gasteiger partial charge in [-0.2, -0.15) is 0 Å². The van der Waals surface area contributed by atoms with Crippen LogP contribution < -0.4 is 10.1 Å². The Kier molecular flexibility index (Phi) is 5.06. The van der Waals surface area contributed by atoms with Gasteiger partial charge in [0.1, 0.15) is 12.1 Å². The third-order valence-electron chi connectivity index (χ3n) is 3.63. The van der Waals surface area contributed by atoms with Crippen LogP contribution in [0.5, 0.6) is 5.75 Å². The molecule has 25 heavy (non-hydrogen) atoms. The van der Waals surface area contributed by atoms with E-state index in [2.05, 4.69) is 15.4 Å². The molecular weight excluding hydrogens is 320 g/mol. The fourth-order valence-corrected chi connectivity index (χ4v) is 2.30. The molecule has 3 aromatic rings. The van der Waals surface area contributed by atoms with Crippen molar-refractivity contribution in [1.29, 1.82) is 0 Å². The summed E-state index contributed by atoms with van der Waals surface area (Å²) in [4.78, 5) is 16.1. The highest BCUT2D eigenvalue weighted by Crippen LogP contribution is 2.18. The second kappa shape index (κ2) is 7.59. The molecule has 7 heteroatoms. The fourth-order valence-electron chi connectivity index (χ4n) is 2.30. The van der Waals surface area contributed by atoms with E-state index in [9.17, 15) is 9.90 Å². The lowest BCUT2D eigenvalue weighted by Gasteiger charge is -2.11. The predicted molar refractivity (Wildman–Crippen MR) is 92.4 cm³/mol. The fraction of sp³-hybridized carbons (Fsp3) is 0.167. The van der Waals surface area contributed by atoms with Gasteiger partial charge in [0.25, 0.3) is 5.91 Å². The van der Waals surface area contributed by atoms with E-state index in [1.165, 1.54) is 11.0 Å². The van der Waals surface area contributed by atoms with Gasteiger partial charge >= 0.3 is 0 Å². The van der Waals surface area contributed by atoms with E-state index in [1.807, 2.05) is 18.2 Å². The van der Waals surface area contributed by atoms with Crippen LogP contribution in [0.3, 0.4) is 0 Å². The Hall–Kier alpha value is -3.19. The summed E-state index contributed by atoms with van der Waals surface area (Å²) in [6.45, 7) is 0.192. The van der Waals surface area contributed by atoms with Gasteiger partial charge < -0.3 is 15.2 Å². The van der Waals surface area contributed by atoms with Gasteiger partial charge in [-0.25, -0.2) is 9.67 Å². The number of amides is 1. The number of nitrogens with one attached hydrogen (secondary N) is 1. The van der Waals surface area contributed by atoms with E-state index < -0.39 is 12.0 Å². The number of anilines is 1. The number of rotatable bonds is 6. The number of para-hydroxylation sites is 1. The summed E-state index contributed by atoms with van der Waals surface area (Å²) in [5.41, 5.74) is 1.40. The SMILES string of the molecule is COc1ccc([C@H](O)Cn2cnc(C(=O)Nc3ccccc3)n2)cc1. The van der Waals surface area contributed by atoms with Crippen LogP contribution in [0.4, 0.5) is 5.69 Å². The first-order chi connectivity index (χ1) is 12.2. The van der Waals surface area contributed by atoms with Gasteiger partial charge in [-0.15, -0.1) is 5.10 Å². The second-order valence-corrected chi connectivity index (χ2v) is 5.40. The summed E-state index contributed by atoms with van der Waals surface area (Å²) in [7, 11) is 1.59. The highest BCUT2D eigenvalue weighted by molar-refractivity contribution is 6.01. The summed E-state index contributed by atoms with van der Waals surface area (Å²) in [5.74, 6) is 0.367. The predicted octanol–water partition coefficient (Wildman–Crippen LogP) is 2.27. The van der Waals surface area contributed by atoms with E-state index in [1.54, 1.807) is 43.5 Å². The van der Waals surface area contributed by atoms with Crippen LogP contribution in [-0.4, -0.2) is 32.9 Å². The number of nitrogens with zero attached hydrogens (tertiary/aromatic N) is 3. The monoisotopic (exact) mass is 338 g/mol. The third kappa shape index (κ3) is 4.21. The molecular formula is C18H18N4O3. The highest BCUT2D eigenvalue weighted by atomic mass is 16.5. The van der Waals surface area contributed by atoms with Crippen LogP contribution in [0.25, 0.3) is 0 Å². The van der Waals surface area contributed by atoms with E-state index in [-0.39, 0.29) is 12.4 Å². The molecule has 1 heterocycles. The number of ether oxygens (including phenoxy) is 1. The van der Waals surface area contributed by atoms with Crippen molar-refractivity contribution < 1.29 is 14.6 Å². The molecule has 0 radical (unpaired) electrons. The maximum atomic E-state index is 12.1. The molecule has 1 amide bonds. The minimum absolute atomic E-state index is 0.0470. The minimum atomic E-state index is -0.766. The number of aromatic nitrogens is 3. The van der Waals surface area contributed by atoms with Crippen molar-refractivity contribution in [2.75, 3.05) is 12.4 Å². The largest absolute Gasteiger partial charge is 0.497 e. The molecule has 0 aliphatic rings. The lowest BCUT2D eigenvalue weighted by molar-refractivity contribution is 0.101. The van der Waals surface area contributed by atoms with Gasteiger partial charge in [-0.1, -0.05) is 30.3 Å². The summed E-state index contributed by atoms with van der Waals surface area (Å²) in [5, 5.41) is 17.1. The maximum Gasteiger partial charge on any atom is 0.295 e. The van der Waals surface area contributed by atoms with Crippen LogP contribution in [0.2, 0.25) is 0 Å². The molecule has 0 saturated carbocycles. The van der Waals surface area contributed by atoms with Crippen molar-refractivity contribution in [3.8, 4) is 5.75 Å². The smallest absolute Gasteiger partial charge is 0.295 e. The Morgan fingerprint density at radius 2 is 1.92 bits per heavy atom. The van der Waals surface area contributed by atoms with Crippen molar-refractivity contribution in [3.05, 3.63) is 72.3 Å². The summed E-state index contributed by atoms with van der Waals surface area (Å²) >= 11 is 0. The number of carbonyl (C=O) groups excluding carboxylic acids is 1. The van der Waals surface area contributed by atoms with Gasteiger partial charge in [0.05, 0.1) is 19.8 Å². The number of hydrogen-bond acceptors (Lipinski definition) is 5. The Morgan fingerprint density at radius 3 is 2.60 bits per heavy atom. The van der Waals surface area contributed by atoms with Gasteiger partial charge in [0.2, 0.25) is 5.82 Å². The molecule has 1 atom stereocenters. The standard InChI is InChI=1S/C18H18N4O3/c1-25-15-9-7-13(8-10-15)16(23)11-22-12-19-17(21-22)18(24)20-14-5-3-2-4-6-14/h2-10,12,16,23H,11H2,1H3,(H,20,24)/t16-/m1/s1. The number of carbonyl (C=O) groups is 1. The van der Waals surface area contributed by atoms with Gasteiger partial charge in [0.15, 0.2) is 0 Å². The molecule has 0 fully saturated rings. The summed E-state index contributed by atoms with van der Waals surface area (Å²) in [6.07, 6.45) is 0.657. The molecule has 0 saturated heterocycles. The lowest BCUT2D eigenvalue weighted by atomic mass is 10.1. The van der Waals surface area contributed by atoms with Crippen molar-refractivity contribution in [2.45, 2.75) is 12.6 Å². The lowest BCUT2D eigenvalue weighted by Crippen LogP contribution is -2.15. The molecule has 128 valence electrons. The molecule has 0 aliphatic carbocycles. The number of hydrogen-bond donors (Lipinski definition) is 2. The zero-order chi connectivity index (χ0) is 17.6. The van der Waals surface area contributed by atoms with E-state index >= 15 is 0 Å². The Labute approximate surface area is 144 Å². The van der Waals surface area contributed by atoms with Gasteiger partial charge in [0, 0.05) is 5.69 Å². The van der Waals surface area contributed by atoms with Crippen molar-refractivity contribution in [3.63, 3.8) is 0 Å². The number of benzene rings is 2. The highest BCUT2D eigenvalue weighted by Gasteiger charge is 2.14. The minimum Gasteiger partial charge on any atom is -0.497 e. The van der Waals surface area contributed by atoms with Gasteiger partial charge in [-0.3, -0.25) is 4.79 Å². The van der Waals surface area contributed by atoms with Crippen molar-refractivity contribution in [2.24, 2.45) is 0 Å². The van der Waals surface area contributed by atoms with Crippen molar-refractivity contribution in [1.82, 2.24) is 14.8 Å². The number of aliphatic hydroxyl groups is 1. The van der Waals surface area contributed by atoms with E-state index in [4.69, 9.17) is 4.74 Å². The average Bonchev–Trinajstić information content (AvgIpc) is 3.11. The topological polar surface area (TPSA) is 89.3 Å². The van der Waals surface area contributed by atoms with Crippen LogP contribution in [0.15, 0.2) is 60.9 Å². The zero-order valence-corrected chi connectivity index (χ0v) is 13.7. The molecule has 2 N–H and O–H groups in total. The molecule has 0 unspecified atom stereocenters. The molecule has 2 aromatic carbocycles. The molecule has 0 spiro atoms. The normalized spacial score (nSPS) is 11.8. The zero-order valence-electron chi connectivity index (χ0n) is 13.7. The Bertz CT molecular complexity index is 831. The summed E-state index contributed by atoms with van der Waals surface area (Å²) < 4.78 is 6.53. The van der Waals surface area contributed by atoms with Gasteiger partial charge in [-0.05, 0) is 29.8 Å². The van der Waals surface area contributed by atoms with Crippen LogP contribution in [-0.2, 0) is 6.54 Å². The molecule has 1 aromatic heterocycles. The quantitative estimate of drug-likeness (QED) is 0.720. The van der Waals surface area contributed by atoms with E-state index in [0.717, 1.165) is 11.3 Å². The third-order valence-corrected chi connectivity index (χ3v) is 3.63. The molecule has 0 aliphatic heterocycles. The van der Waals surface area contributed by atoms with Crippen LogP contribution in [0.1, 0.15) is 22.3 Å². The first-order valence-corrected chi connectivity index (χ1v) is 7.73. The molecule has 3 rings (SSSR count). The Balaban J connectivity index is 1.63. The first kappa shape index (κ1) is 16.7. The van der Waals surface area contributed by atoms with Crippen molar-refractivity contribution >= 4 is 11.6 Å². The first-order valence-electron chi connectivity index (χ1n) is 7.73. The van der Waals surface area contributed by atoms with Crippen LogP contribution >= 0.6 is 0 Å². The summed E-state index contributed by atoms with van der Waals surface area (Å²) in [6, 6.07) is 16.2. The molecule has 7 nitrogen and oxygen atoms in total. The average molecular weight is 338 g/mol. The number of aliphatic hydroxyl groups excluding tert-OH is 1. The van der Waals surface area contributed by atoms with E-state index in [0.29, 0.717) is 5.69 Å². The second-order valence-electron chi connectivity index (χ2n) is 5.40. The maximum absolute atomic E-state index is 12.1. The number of methoxy groups -OCH3 is 1. The van der Waals surface area contributed by atoms with Crippen LogP contribution in [0, 0.1) is 0 Å². The Morgan fingerprint density at radius 1 is 1.20 bits per heavy atom. The molecule has 0 bridgehead atoms.